The number of nitrogens with zero attached hydrogens (tertiary/aromatic N) is 1. The van der Waals surface area contributed by atoms with E-state index in [1.807, 2.05) is 0 Å². The number of hydrogen-bond acceptors (Lipinski definition) is 5. The van der Waals surface area contributed by atoms with E-state index in [0.29, 0.717) is 13.2 Å². The van der Waals surface area contributed by atoms with Gasteiger partial charge in [0.2, 0.25) is 0 Å². The molecular weight excluding hydrogens is 214 g/mol. The molecule has 0 N–H and O–H groups in total. The highest BCUT2D eigenvalue weighted by Gasteiger charge is 2.31. The van der Waals surface area contributed by atoms with Crippen LogP contribution in [0.2, 0.25) is 0 Å². The van der Waals surface area contributed by atoms with Crippen LogP contribution in [0.4, 0.5) is 0 Å². The lowest BCUT2D eigenvalue weighted by Crippen LogP contribution is -2.51. The molecule has 1 fully saturated rings. The number of hydrogen-bond donors (Lipinski definition) is 0. The lowest BCUT2D eigenvalue weighted by atomic mass is 10.2. The molecule has 0 aromatic rings. The summed E-state index contributed by atoms with van der Waals surface area (Å²) in [6.45, 7) is 2.70. The standard InChI is InChI=1S/C10H17NO5/c1-7(14-2)9(12)11-4-5-16-8(6-11)10(13)15-3/h7-8H,4-6H2,1-3H3. The molecule has 6 nitrogen and oxygen atoms in total. The van der Waals surface area contributed by atoms with Crippen molar-refractivity contribution < 1.29 is 23.8 Å². The van der Waals surface area contributed by atoms with Crippen LogP contribution < -0.4 is 0 Å². The van der Waals surface area contributed by atoms with Gasteiger partial charge in [0, 0.05) is 13.7 Å². The molecule has 0 aromatic heterocycles. The van der Waals surface area contributed by atoms with Gasteiger partial charge in [0.15, 0.2) is 6.10 Å². The van der Waals surface area contributed by atoms with E-state index in [1.54, 1.807) is 11.8 Å². The van der Waals surface area contributed by atoms with Gasteiger partial charge in [0.1, 0.15) is 6.10 Å². The monoisotopic (exact) mass is 231 g/mol. The summed E-state index contributed by atoms with van der Waals surface area (Å²) in [5.41, 5.74) is 0. The summed E-state index contributed by atoms with van der Waals surface area (Å²) in [6, 6.07) is 0. The number of esters is 1. The van der Waals surface area contributed by atoms with Crippen LogP contribution in [0.15, 0.2) is 0 Å². The van der Waals surface area contributed by atoms with E-state index in [0.717, 1.165) is 0 Å². The molecule has 16 heavy (non-hydrogen) atoms. The van der Waals surface area contributed by atoms with Crippen molar-refractivity contribution >= 4 is 11.9 Å². The van der Waals surface area contributed by atoms with Crippen molar-refractivity contribution in [1.82, 2.24) is 4.90 Å². The summed E-state index contributed by atoms with van der Waals surface area (Å²) >= 11 is 0. The Morgan fingerprint density at radius 1 is 1.44 bits per heavy atom. The topological polar surface area (TPSA) is 65.1 Å². The molecule has 2 unspecified atom stereocenters. The van der Waals surface area contributed by atoms with Crippen molar-refractivity contribution in [3.05, 3.63) is 0 Å². The van der Waals surface area contributed by atoms with Crippen LogP contribution in [0.3, 0.4) is 0 Å². The second-order valence-electron chi connectivity index (χ2n) is 3.54. The molecule has 1 heterocycles. The highest BCUT2D eigenvalue weighted by molar-refractivity contribution is 5.82. The zero-order valence-corrected chi connectivity index (χ0v) is 9.76. The van der Waals surface area contributed by atoms with E-state index in [4.69, 9.17) is 9.47 Å². The Kier molecular flexibility index (Phi) is 4.70. The van der Waals surface area contributed by atoms with Crippen LogP contribution in [-0.4, -0.2) is 62.9 Å². The normalized spacial score (nSPS) is 22.7. The first-order valence-corrected chi connectivity index (χ1v) is 5.11. The molecule has 0 aromatic carbocycles. The third kappa shape index (κ3) is 2.93. The van der Waals surface area contributed by atoms with Crippen LogP contribution in [0.1, 0.15) is 6.92 Å². The van der Waals surface area contributed by atoms with Crippen LogP contribution >= 0.6 is 0 Å². The highest BCUT2D eigenvalue weighted by atomic mass is 16.6. The molecule has 1 aliphatic rings. The predicted molar refractivity (Wildman–Crippen MR) is 54.8 cm³/mol. The third-order valence-electron chi connectivity index (χ3n) is 2.54. The lowest BCUT2D eigenvalue weighted by Gasteiger charge is -2.32. The number of amides is 1. The Labute approximate surface area is 94.4 Å². The van der Waals surface area contributed by atoms with E-state index < -0.39 is 18.2 Å². The quantitative estimate of drug-likeness (QED) is 0.608. The van der Waals surface area contributed by atoms with Crippen LogP contribution in [0, 0.1) is 0 Å². The van der Waals surface area contributed by atoms with Crippen LogP contribution in [-0.2, 0) is 23.8 Å². The Bertz CT molecular complexity index is 268. The molecule has 0 bridgehead atoms. The fraction of sp³-hybridized carbons (Fsp3) is 0.800. The highest BCUT2D eigenvalue weighted by Crippen LogP contribution is 2.09. The Balaban J connectivity index is 2.56. The number of methoxy groups -OCH3 is 2. The maximum atomic E-state index is 11.8. The van der Waals surface area contributed by atoms with Gasteiger partial charge in [-0.15, -0.1) is 0 Å². The van der Waals surface area contributed by atoms with Crippen molar-refractivity contribution in [3.63, 3.8) is 0 Å². The minimum Gasteiger partial charge on any atom is -0.467 e. The first-order chi connectivity index (χ1) is 7.60. The van der Waals surface area contributed by atoms with E-state index in [1.165, 1.54) is 14.2 Å². The first kappa shape index (κ1) is 12.9. The van der Waals surface area contributed by atoms with Gasteiger partial charge in [-0.05, 0) is 6.92 Å². The van der Waals surface area contributed by atoms with Gasteiger partial charge in [-0.25, -0.2) is 4.79 Å². The number of carbonyl (C=O) groups is 2. The molecule has 6 heteroatoms. The van der Waals surface area contributed by atoms with Crippen molar-refractivity contribution in [2.75, 3.05) is 33.9 Å². The van der Waals surface area contributed by atoms with E-state index in [2.05, 4.69) is 4.74 Å². The number of ether oxygens (including phenoxy) is 3. The minimum absolute atomic E-state index is 0.139. The minimum atomic E-state index is -0.688. The summed E-state index contributed by atoms with van der Waals surface area (Å²) in [7, 11) is 2.77. The molecule has 0 saturated carbocycles. The Morgan fingerprint density at radius 3 is 2.69 bits per heavy atom. The molecule has 0 radical (unpaired) electrons. The summed E-state index contributed by atoms with van der Waals surface area (Å²) in [4.78, 5) is 24.6. The number of carbonyl (C=O) groups excluding carboxylic acids is 2. The van der Waals surface area contributed by atoms with Crippen molar-refractivity contribution in [3.8, 4) is 0 Å². The van der Waals surface area contributed by atoms with E-state index in [9.17, 15) is 9.59 Å². The summed E-state index contributed by atoms with van der Waals surface area (Å²) in [5, 5.41) is 0. The lowest BCUT2D eigenvalue weighted by molar-refractivity contribution is -0.164. The molecule has 0 spiro atoms. The second kappa shape index (κ2) is 5.81. The molecule has 1 aliphatic heterocycles. The van der Waals surface area contributed by atoms with Gasteiger partial charge in [0.25, 0.3) is 5.91 Å². The van der Waals surface area contributed by atoms with Crippen LogP contribution in [0.25, 0.3) is 0 Å². The van der Waals surface area contributed by atoms with Crippen molar-refractivity contribution in [2.45, 2.75) is 19.1 Å². The maximum Gasteiger partial charge on any atom is 0.336 e. The van der Waals surface area contributed by atoms with Gasteiger partial charge in [-0.2, -0.15) is 0 Å². The largest absolute Gasteiger partial charge is 0.467 e. The van der Waals surface area contributed by atoms with E-state index in [-0.39, 0.29) is 12.5 Å². The zero-order valence-electron chi connectivity index (χ0n) is 9.76. The molecule has 0 aliphatic carbocycles. The first-order valence-electron chi connectivity index (χ1n) is 5.11. The maximum absolute atomic E-state index is 11.8. The average Bonchev–Trinajstić information content (AvgIpc) is 2.36. The van der Waals surface area contributed by atoms with E-state index >= 15 is 0 Å². The molecule has 2 atom stereocenters. The summed E-state index contributed by atoms with van der Waals surface area (Å²) in [6.07, 6.45) is -1.19. The summed E-state index contributed by atoms with van der Waals surface area (Å²) < 4.78 is 14.7. The average molecular weight is 231 g/mol. The molecular formula is C10H17NO5. The van der Waals surface area contributed by atoms with Gasteiger partial charge >= 0.3 is 5.97 Å². The van der Waals surface area contributed by atoms with Crippen molar-refractivity contribution in [1.29, 1.82) is 0 Å². The molecule has 1 rings (SSSR count). The Morgan fingerprint density at radius 2 is 2.12 bits per heavy atom. The molecule has 1 amide bonds. The van der Waals surface area contributed by atoms with Gasteiger partial charge in [0.05, 0.1) is 20.3 Å². The summed E-state index contributed by atoms with van der Waals surface area (Å²) in [5.74, 6) is -0.595. The second-order valence-corrected chi connectivity index (χ2v) is 3.54. The van der Waals surface area contributed by atoms with Crippen molar-refractivity contribution in [2.24, 2.45) is 0 Å². The number of morpholine rings is 1. The fourth-order valence-corrected chi connectivity index (χ4v) is 1.48. The van der Waals surface area contributed by atoms with Gasteiger partial charge < -0.3 is 19.1 Å². The van der Waals surface area contributed by atoms with Gasteiger partial charge in [-0.3, -0.25) is 4.79 Å². The fourth-order valence-electron chi connectivity index (χ4n) is 1.48. The molecule has 1 saturated heterocycles. The number of rotatable bonds is 3. The third-order valence-corrected chi connectivity index (χ3v) is 2.54. The predicted octanol–water partition coefficient (Wildman–Crippen LogP) is -0.578. The smallest absolute Gasteiger partial charge is 0.336 e. The zero-order chi connectivity index (χ0) is 12.1. The SMILES string of the molecule is COC(=O)C1CN(C(=O)C(C)OC)CCO1. The van der Waals surface area contributed by atoms with Crippen LogP contribution in [0.5, 0.6) is 0 Å². The molecule has 92 valence electrons. The van der Waals surface area contributed by atoms with Gasteiger partial charge in [-0.1, -0.05) is 0 Å². The Hall–Kier alpha value is -1.14.